The molecule has 25 heavy (non-hydrogen) atoms. The van der Waals surface area contributed by atoms with E-state index in [9.17, 15) is 4.79 Å². The molecular weight excluding hydrogens is 340 g/mol. The fourth-order valence-corrected chi connectivity index (χ4v) is 4.05. The van der Waals surface area contributed by atoms with E-state index >= 15 is 0 Å². The Labute approximate surface area is 150 Å². The SMILES string of the molecule is Cc1ccccc1-n1c(SC2CCOC2=O)nnc1N1CCOCC1. The van der Waals surface area contributed by atoms with Crippen molar-refractivity contribution in [1.29, 1.82) is 0 Å². The molecule has 0 aliphatic carbocycles. The number of thioether (sulfide) groups is 1. The highest BCUT2D eigenvalue weighted by Crippen LogP contribution is 2.33. The average Bonchev–Trinajstić information content (AvgIpc) is 3.23. The number of rotatable bonds is 4. The molecule has 2 aliphatic heterocycles. The van der Waals surface area contributed by atoms with Crippen molar-refractivity contribution in [3.8, 4) is 5.69 Å². The molecule has 2 saturated heterocycles. The van der Waals surface area contributed by atoms with Gasteiger partial charge >= 0.3 is 5.97 Å². The number of hydrogen-bond acceptors (Lipinski definition) is 7. The predicted molar refractivity (Wildman–Crippen MR) is 94.3 cm³/mol. The van der Waals surface area contributed by atoms with Gasteiger partial charge in [-0.1, -0.05) is 30.0 Å². The summed E-state index contributed by atoms with van der Waals surface area (Å²) in [5.41, 5.74) is 2.16. The summed E-state index contributed by atoms with van der Waals surface area (Å²) in [5.74, 6) is 0.628. The van der Waals surface area contributed by atoms with Gasteiger partial charge in [-0.3, -0.25) is 9.36 Å². The molecule has 0 N–H and O–H groups in total. The Balaban J connectivity index is 1.74. The fraction of sp³-hybridized carbons (Fsp3) is 0.471. The van der Waals surface area contributed by atoms with Gasteiger partial charge in [-0.2, -0.15) is 0 Å². The van der Waals surface area contributed by atoms with E-state index < -0.39 is 0 Å². The molecule has 1 unspecified atom stereocenters. The van der Waals surface area contributed by atoms with Gasteiger partial charge in [-0.25, -0.2) is 0 Å². The van der Waals surface area contributed by atoms with Crippen molar-refractivity contribution in [1.82, 2.24) is 14.8 Å². The van der Waals surface area contributed by atoms with Gasteiger partial charge in [0.15, 0.2) is 5.16 Å². The fourth-order valence-electron chi connectivity index (χ4n) is 3.04. The number of anilines is 1. The summed E-state index contributed by atoms with van der Waals surface area (Å²) in [6.07, 6.45) is 0.705. The Morgan fingerprint density at radius 2 is 1.96 bits per heavy atom. The maximum absolute atomic E-state index is 11.9. The van der Waals surface area contributed by atoms with Crippen LogP contribution in [0.1, 0.15) is 12.0 Å². The number of carbonyl (C=O) groups excluding carboxylic acids is 1. The minimum absolute atomic E-state index is 0.169. The number of morpholine rings is 1. The smallest absolute Gasteiger partial charge is 0.319 e. The van der Waals surface area contributed by atoms with E-state index in [0.29, 0.717) is 26.2 Å². The summed E-state index contributed by atoms with van der Waals surface area (Å²) in [6, 6.07) is 8.14. The molecule has 2 aliphatic rings. The van der Waals surface area contributed by atoms with Gasteiger partial charge in [-0.15, -0.1) is 10.2 Å². The summed E-state index contributed by atoms with van der Waals surface area (Å²) in [6.45, 7) is 5.46. The topological polar surface area (TPSA) is 69.5 Å². The number of ether oxygens (including phenoxy) is 2. The summed E-state index contributed by atoms with van der Waals surface area (Å²) in [7, 11) is 0. The Kier molecular flexibility index (Phi) is 4.63. The van der Waals surface area contributed by atoms with Gasteiger partial charge < -0.3 is 14.4 Å². The molecule has 2 aromatic rings. The molecule has 2 fully saturated rings. The molecule has 4 rings (SSSR count). The average molecular weight is 360 g/mol. The highest BCUT2D eigenvalue weighted by atomic mass is 32.2. The molecule has 1 aromatic heterocycles. The number of para-hydroxylation sites is 1. The van der Waals surface area contributed by atoms with Gasteiger partial charge in [0, 0.05) is 19.5 Å². The third-order valence-corrected chi connectivity index (χ3v) is 5.59. The van der Waals surface area contributed by atoms with Crippen molar-refractivity contribution >= 4 is 23.7 Å². The zero-order valence-corrected chi connectivity index (χ0v) is 14.9. The highest BCUT2D eigenvalue weighted by Gasteiger charge is 2.31. The second kappa shape index (κ2) is 7.05. The van der Waals surface area contributed by atoms with Crippen LogP contribution >= 0.6 is 11.8 Å². The number of carbonyl (C=O) groups is 1. The zero-order chi connectivity index (χ0) is 17.2. The van der Waals surface area contributed by atoms with Crippen LogP contribution in [0.4, 0.5) is 5.95 Å². The minimum atomic E-state index is -0.218. The molecule has 1 aromatic carbocycles. The quantitative estimate of drug-likeness (QED) is 0.770. The van der Waals surface area contributed by atoms with E-state index in [1.807, 2.05) is 12.1 Å². The van der Waals surface area contributed by atoms with Crippen LogP contribution in [0.15, 0.2) is 29.4 Å². The van der Waals surface area contributed by atoms with Gasteiger partial charge in [-0.05, 0) is 18.6 Å². The van der Waals surface area contributed by atoms with Crippen LogP contribution in [-0.2, 0) is 14.3 Å². The van der Waals surface area contributed by atoms with Crippen molar-refractivity contribution in [3.05, 3.63) is 29.8 Å². The summed E-state index contributed by atoms with van der Waals surface area (Å²) in [4.78, 5) is 14.1. The lowest BCUT2D eigenvalue weighted by molar-refractivity contribution is -0.137. The van der Waals surface area contributed by atoms with E-state index in [4.69, 9.17) is 9.47 Å². The Hall–Kier alpha value is -2.06. The zero-order valence-electron chi connectivity index (χ0n) is 14.1. The monoisotopic (exact) mass is 360 g/mol. The highest BCUT2D eigenvalue weighted by molar-refractivity contribution is 8.00. The normalized spacial score (nSPS) is 20.8. The number of nitrogens with zero attached hydrogens (tertiary/aromatic N) is 4. The van der Waals surface area contributed by atoms with Crippen LogP contribution < -0.4 is 4.90 Å². The number of hydrogen-bond donors (Lipinski definition) is 0. The number of aryl methyl sites for hydroxylation is 1. The first-order chi connectivity index (χ1) is 12.2. The van der Waals surface area contributed by atoms with Crippen LogP contribution in [0, 0.1) is 6.92 Å². The number of aromatic nitrogens is 3. The molecular formula is C17H20N4O3S. The molecule has 0 radical (unpaired) electrons. The first-order valence-corrected chi connectivity index (χ1v) is 9.29. The second-order valence-electron chi connectivity index (χ2n) is 6.07. The lowest BCUT2D eigenvalue weighted by atomic mass is 10.2. The number of benzene rings is 1. The standard InChI is InChI=1S/C17H20N4O3S/c1-12-4-2-3-5-13(12)21-16(20-7-10-23-11-8-20)18-19-17(21)25-14-6-9-24-15(14)22/h2-5,14H,6-11H2,1H3. The van der Waals surface area contributed by atoms with Crippen LogP contribution in [0.5, 0.6) is 0 Å². The van der Waals surface area contributed by atoms with Crippen LogP contribution in [-0.4, -0.2) is 58.9 Å². The first-order valence-electron chi connectivity index (χ1n) is 8.41. The summed E-state index contributed by atoms with van der Waals surface area (Å²) < 4.78 is 12.6. The van der Waals surface area contributed by atoms with Crippen LogP contribution in [0.2, 0.25) is 0 Å². The summed E-state index contributed by atoms with van der Waals surface area (Å²) in [5, 5.41) is 9.33. The molecule has 1 atom stereocenters. The third-order valence-electron chi connectivity index (χ3n) is 4.40. The van der Waals surface area contributed by atoms with Crippen molar-refractivity contribution in [2.45, 2.75) is 23.8 Å². The third kappa shape index (κ3) is 3.23. The van der Waals surface area contributed by atoms with Crippen molar-refractivity contribution in [2.24, 2.45) is 0 Å². The van der Waals surface area contributed by atoms with E-state index in [0.717, 1.165) is 35.4 Å². The van der Waals surface area contributed by atoms with E-state index in [1.165, 1.54) is 11.8 Å². The molecule has 7 nitrogen and oxygen atoms in total. The van der Waals surface area contributed by atoms with Gasteiger partial charge in [0.25, 0.3) is 0 Å². The summed E-state index contributed by atoms with van der Waals surface area (Å²) >= 11 is 1.43. The maximum atomic E-state index is 11.9. The van der Waals surface area contributed by atoms with Crippen molar-refractivity contribution in [3.63, 3.8) is 0 Å². The number of cyclic esters (lactones) is 1. The lowest BCUT2D eigenvalue weighted by Gasteiger charge is -2.28. The van der Waals surface area contributed by atoms with Crippen molar-refractivity contribution in [2.75, 3.05) is 37.8 Å². The van der Waals surface area contributed by atoms with Crippen molar-refractivity contribution < 1.29 is 14.3 Å². The van der Waals surface area contributed by atoms with Crippen LogP contribution in [0.25, 0.3) is 5.69 Å². The van der Waals surface area contributed by atoms with E-state index in [-0.39, 0.29) is 11.2 Å². The second-order valence-corrected chi connectivity index (χ2v) is 7.24. The first kappa shape index (κ1) is 16.4. The minimum Gasteiger partial charge on any atom is -0.465 e. The molecule has 0 spiro atoms. The predicted octanol–water partition coefficient (Wildman–Crippen LogP) is 1.82. The van der Waals surface area contributed by atoms with Crippen LogP contribution in [0.3, 0.4) is 0 Å². The molecule has 0 amide bonds. The maximum Gasteiger partial charge on any atom is 0.319 e. The van der Waals surface area contributed by atoms with Gasteiger partial charge in [0.05, 0.1) is 25.5 Å². The molecule has 8 heteroatoms. The Morgan fingerprint density at radius 3 is 2.68 bits per heavy atom. The van der Waals surface area contributed by atoms with Gasteiger partial charge in [0.1, 0.15) is 5.25 Å². The van der Waals surface area contributed by atoms with Gasteiger partial charge in [0.2, 0.25) is 5.95 Å². The molecule has 0 saturated carbocycles. The van der Waals surface area contributed by atoms with E-state index in [1.54, 1.807) is 0 Å². The van der Waals surface area contributed by atoms with E-state index in [2.05, 4.69) is 38.7 Å². The largest absolute Gasteiger partial charge is 0.465 e. The molecule has 3 heterocycles. The Morgan fingerprint density at radius 1 is 1.16 bits per heavy atom. The number of esters is 1. The molecule has 0 bridgehead atoms. The Bertz CT molecular complexity index is 773. The lowest BCUT2D eigenvalue weighted by Crippen LogP contribution is -2.38. The molecule has 132 valence electrons.